The van der Waals surface area contributed by atoms with Gasteiger partial charge < -0.3 is 9.47 Å². The summed E-state index contributed by atoms with van der Waals surface area (Å²) in [7, 11) is 3.01. The van der Waals surface area contributed by atoms with Crippen LogP contribution in [-0.4, -0.2) is 19.2 Å². The number of hydrogen-bond donors (Lipinski definition) is 0. The maximum absolute atomic E-state index is 8.58. The third-order valence-electron chi connectivity index (χ3n) is 1.39. The highest BCUT2D eigenvalue weighted by Crippen LogP contribution is 2.20. The van der Waals surface area contributed by atoms with Crippen molar-refractivity contribution in [1.29, 1.82) is 5.26 Å². The zero-order valence-corrected chi connectivity index (χ0v) is 6.87. The summed E-state index contributed by atoms with van der Waals surface area (Å²) in [5.41, 5.74) is 0.262. The molecular formula is C8H8N2O2. The molecular weight excluding hydrogens is 156 g/mol. The Labute approximate surface area is 70.4 Å². The Morgan fingerprint density at radius 1 is 1.42 bits per heavy atom. The molecule has 0 aromatic carbocycles. The van der Waals surface area contributed by atoms with E-state index in [-0.39, 0.29) is 5.69 Å². The van der Waals surface area contributed by atoms with Crippen molar-refractivity contribution in [1.82, 2.24) is 4.98 Å². The molecule has 0 N–H and O–H groups in total. The number of rotatable bonds is 2. The smallest absolute Gasteiger partial charge is 0.182 e. The second kappa shape index (κ2) is 3.58. The molecule has 0 saturated carbocycles. The highest BCUT2D eigenvalue weighted by molar-refractivity contribution is 5.41. The van der Waals surface area contributed by atoms with Gasteiger partial charge in [-0.15, -0.1) is 0 Å². The van der Waals surface area contributed by atoms with Gasteiger partial charge in [0.2, 0.25) is 0 Å². The summed E-state index contributed by atoms with van der Waals surface area (Å²) in [5.74, 6) is 1.00. The molecule has 0 saturated heterocycles. The number of aromatic nitrogens is 1. The van der Waals surface area contributed by atoms with E-state index in [1.807, 2.05) is 6.07 Å². The van der Waals surface area contributed by atoms with Gasteiger partial charge in [0.1, 0.15) is 11.8 Å². The molecule has 0 aliphatic rings. The van der Waals surface area contributed by atoms with Gasteiger partial charge in [-0.1, -0.05) is 0 Å². The Bertz CT molecular complexity index is 317. The van der Waals surface area contributed by atoms with Gasteiger partial charge >= 0.3 is 0 Å². The van der Waals surface area contributed by atoms with E-state index < -0.39 is 0 Å². The second-order valence-corrected chi connectivity index (χ2v) is 2.04. The Balaban J connectivity index is 3.13. The molecule has 1 aromatic heterocycles. The average Bonchev–Trinajstić information content (AvgIpc) is 2.16. The van der Waals surface area contributed by atoms with Crippen LogP contribution in [-0.2, 0) is 0 Å². The third-order valence-corrected chi connectivity index (χ3v) is 1.39. The normalized spacial score (nSPS) is 8.75. The molecule has 1 rings (SSSR count). The molecule has 1 aromatic rings. The molecule has 4 nitrogen and oxygen atoms in total. The van der Waals surface area contributed by atoms with Gasteiger partial charge in [-0.3, -0.25) is 0 Å². The zero-order chi connectivity index (χ0) is 8.97. The lowest BCUT2D eigenvalue weighted by atomic mass is 10.3. The molecule has 1 heterocycles. The molecule has 12 heavy (non-hydrogen) atoms. The molecule has 4 heteroatoms. The minimum atomic E-state index is 0.262. The summed E-state index contributed by atoms with van der Waals surface area (Å²) >= 11 is 0. The Morgan fingerprint density at radius 2 is 2.17 bits per heavy atom. The van der Waals surface area contributed by atoms with Gasteiger partial charge in [-0.25, -0.2) is 4.98 Å². The van der Waals surface area contributed by atoms with Crippen LogP contribution in [0.3, 0.4) is 0 Å². The van der Waals surface area contributed by atoms with Crippen molar-refractivity contribution in [2.45, 2.75) is 0 Å². The maximum Gasteiger partial charge on any atom is 0.182 e. The number of methoxy groups -OCH3 is 2. The molecule has 0 aliphatic carbocycles. The lowest BCUT2D eigenvalue weighted by molar-refractivity contribution is 0.390. The predicted molar refractivity (Wildman–Crippen MR) is 42.1 cm³/mol. The van der Waals surface area contributed by atoms with E-state index in [4.69, 9.17) is 14.7 Å². The van der Waals surface area contributed by atoms with Crippen LogP contribution >= 0.6 is 0 Å². The van der Waals surface area contributed by atoms with Crippen molar-refractivity contribution in [3.05, 3.63) is 18.0 Å². The van der Waals surface area contributed by atoms with Crippen molar-refractivity contribution >= 4 is 0 Å². The number of nitrogens with zero attached hydrogens (tertiary/aromatic N) is 2. The fraction of sp³-hybridized carbons (Fsp3) is 0.250. The Kier molecular flexibility index (Phi) is 2.49. The van der Waals surface area contributed by atoms with Crippen LogP contribution in [0.25, 0.3) is 0 Å². The number of hydrogen-bond acceptors (Lipinski definition) is 4. The minimum absolute atomic E-state index is 0.262. The van der Waals surface area contributed by atoms with Gasteiger partial charge in [0.05, 0.1) is 20.4 Å². The van der Waals surface area contributed by atoms with Gasteiger partial charge in [-0.05, 0) is 0 Å². The first-order valence-corrected chi connectivity index (χ1v) is 3.30. The van der Waals surface area contributed by atoms with Crippen molar-refractivity contribution in [2.75, 3.05) is 14.2 Å². The number of pyridine rings is 1. The van der Waals surface area contributed by atoms with Crippen molar-refractivity contribution in [2.24, 2.45) is 0 Å². The first-order valence-electron chi connectivity index (χ1n) is 3.30. The van der Waals surface area contributed by atoms with Gasteiger partial charge in [0, 0.05) is 6.07 Å². The molecule has 0 bridgehead atoms. The van der Waals surface area contributed by atoms with Crippen LogP contribution < -0.4 is 9.47 Å². The highest BCUT2D eigenvalue weighted by atomic mass is 16.5. The summed E-state index contributed by atoms with van der Waals surface area (Å²) < 4.78 is 9.82. The fourth-order valence-electron chi connectivity index (χ4n) is 0.778. The Hall–Kier alpha value is -1.76. The first kappa shape index (κ1) is 8.34. The lowest BCUT2D eigenvalue weighted by Gasteiger charge is -2.03. The van der Waals surface area contributed by atoms with Crippen LogP contribution in [0.15, 0.2) is 12.3 Å². The summed E-state index contributed by atoms with van der Waals surface area (Å²) in [6, 6.07) is 3.52. The zero-order valence-electron chi connectivity index (χ0n) is 6.87. The molecule has 0 spiro atoms. The van der Waals surface area contributed by atoms with E-state index in [9.17, 15) is 0 Å². The summed E-state index contributed by atoms with van der Waals surface area (Å²) in [4.78, 5) is 3.83. The molecule has 62 valence electrons. The van der Waals surface area contributed by atoms with Crippen molar-refractivity contribution < 1.29 is 9.47 Å². The summed E-state index contributed by atoms with van der Waals surface area (Å²) in [5, 5.41) is 8.58. The van der Waals surface area contributed by atoms with E-state index in [1.165, 1.54) is 20.4 Å². The largest absolute Gasteiger partial charge is 0.495 e. The topological polar surface area (TPSA) is 55.1 Å². The van der Waals surface area contributed by atoms with Crippen LogP contribution in [0.5, 0.6) is 11.5 Å². The summed E-state index contributed by atoms with van der Waals surface area (Å²) in [6.45, 7) is 0. The highest BCUT2D eigenvalue weighted by Gasteiger charge is 2.04. The van der Waals surface area contributed by atoms with E-state index in [0.717, 1.165) is 0 Å². The lowest BCUT2D eigenvalue weighted by Crippen LogP contribution is -1.92. The van der Waals surface area contributed by atoms with E-state index in [1.54, 1.807) is 6.07 Å². The second-order valence-electron chi connectivity index (χ2n) is 2.04. The monoisotopic (exact) mass is 164 g/mol. The van der Waals surface area contributed by atoms with Gasteiger partial charge in [0.25, 0.3) is 0 Å². The minimum Gasteiger partial charge on any atom is -0.495 e. The van der Waals surface area contributed by atoms with E-state index in [0.29, 0.717) is 11.5 Å². The number of nitriles is 1. The molecule has 0 unspecified atom stereocenters. The molecule has 0 aliphatic heterocycles. The van der Waals surface area contributed by atoms with E-state index in [2.05, 4.69) is 4.98 Å². The van der Waals surface area contributed by atoms with Gasteiger partial charge in [-0.2, -0.15) is 5.26 Å². The third kappa shape index (κ3) is 1.45. The molecule has 0 fully saturated rings. The quantitative estimate of drug-likeness (QED) is 0.653. The molecule has 0 atom stereocenters. The molecule has 0 radical (unpaired) electrons. The van der Waals surface area contributed by atoms with Gasteiger partial charge in [0.15, 0.2) is 11.4 Å². The SMILES string of the molecule is COc1cnc(C#N)c(OC)c1. The number of ether oxygens (including phenoxy) is 2. The van der Waals surface area contributed by atoms with Crippen LogP contribution in [0.2, 0.25) is 0 Å². The van der Waals surface area contributed by atoms with Crippen LogP contribution in [0.4, 0.5) is 0 Å². The fourth-order valence-corrected chi connectivity index (χ4v) is 0.778. The van der Waals surface area contributed by atoms with Crippen LogP contribution in [0.1, 0.15) is 5.69 Å². The molecule has 0 amide bonds. The average molecular weight is 164 g/mol. The maximum atomic E-state index is 8.58. The van der Waals surface area contributed by atoms with Crippen LogP contribution in [0, 0.1) is 11.3 Å². The summed E-state index contributed by atoms with van der Waals surface area (Å²) in [6.07, 6.45) is 1.47. The van der Waals surface area contributed by atoms with Crippen molar-refractivity contribution in [3.8, 4) is 17.6 Å². The van der Waals surface area contributed by atoms with E-state index >= 15 is 0 Å². The predicted octanol–water partition coefficient (Wildman–Crippen LogP) is 0.970. The van der Waals surface area contributed by atoms with Crippen molar-refractivity contribution in [3.63, 3.8) is 0 Å². The standard InChI is InChI=1S/C8H8N2O2/c1-11-6-3-8(12-2)7(4-9)10-5-6/h3,5H,1-2H3. The first-order chi connectivity index (χ1) is 5.81. The Morgan fingerprint density at radius 3 is 2.67 bits per heavy atom.